The number of carbonyl (C=O) groups is 1. The quantitative estimate of drug-likeness (QED) is 0.213. The van der Waals surface area contributed by atoms with E-state index in [2.05, 4.69) is 20.6 Å². The van der Waals surface area contributed by atoms with Crippen molar-refractivity contribution in [3.8, 4) is 5.88 Å². The highest BCUT2D eigenvalue weighted by atomic mass is 127. The molecule has 0 radical (unpaired) electrons. The number of carbonyl (C=O) groups excluding carboxylic acids is 1. The van der Waals surface area contributed by atoms with Crippen molar-refractivity contribution in [3.05, 3.63) is 22.8 Å². The van der Waals surface area contributed by atoms with Gasteiger partial charge in [0.05, 0.1) is 12.1 Å². The highest BCUT2D eigenvalue weighted by Crippen LogP contribution is 2.33. The molecule has 0 spiro atoms. The zero-order chi connectivity index (χ0) is 21.4. The zero-order valence-corrected chi connectivity index (χ0v) is 19.4. The molecule has 0 aliphatic carbocycles. The molecule has 4 N–H and O–H groups in total. The Kier molecular flexibility index (Phi) is 10.7. The number of halogens is 5. The van der Waals surface area contributed by atoms with Gasteiger partial charge in [0.2, 0.25) is 5.88 Å². The average Bonchev–Trinajstić information content (AvgIpc) is 2.66. The lowest BCUT2D eigenvalue weighted by molar-refractivity contribution is -0.137. The fourth-order valence-corrected chi connectivity index (χ4v) is 2.96. The van der Waals surface area contributed by atoms with Crippen molar-refractivity contribution in [1.82, 2.24) is 20.5 Å². The van der Waals surface area contributed by atoms with E-state index in [-0.39, 0.29) is 54.1 Å². The third-order valence-corrected chi connectivity index (χ3v) is 4.50. The maximum absolute atomic E-state index is 12.6. The van der Waals surface area contributed by atoms with Crippen molar-refractivity contribution < 1.29 is 22.7 Å². The van der Waals surface area contributed by atoms with Crippen LogP contribution in [0.5, 0.6) is 5.88 Å². The van der Waals surface area contributed by atoms with Crippen molar-refractivity contribution in [2.45, 2.75) is 32.0 Å². The number of rotatable bonds is 6. The number of urea groups is 1. The minimum atomic E-state index is -4.51. The number of alkyl halides is 3. The molecule has 1 aromatic heterocycles. The summed E-state index contributed by atoms with van der Waals surface area (Å²) in [6, 6.07) is 0.504. The van der Waals surface area contributed by atoms with Crippen LogP contribution in [0.15, 0.2) is 17.3 Å². The number of hydrogen-bond acceptors (Lipinski definition) is 4. The Morgan fingerprint density at radius 1 is 1.43 bits per heavy atom. The molecule has 0 unspecified atom stereocenters. The van der Waals surface area contributed by atoms with Gasteiger partial charge in [-0.15, -0.1) is 24.0 Å². The van der Waals surface area contributed by atoms with Gasteiger partial charge in [-0.25, -0.2) is 14.8 Å². The lowest BCUT2D eigenvalue weighted by Crippen LogP contribution is -2.50. The van der Waals surface area contributed by atoms with Gasteiger partial charge in [0, 0.05) is 31.9 Å². The summed E-state index contributed by atoms with van der Waals surface area (Å²) in [5.74, 6) is 0.506. The second-order valence-electron chi connectivity index (χ2n) is 6.36. The summed E-state index contributed by atoms with van der Waals surface area (Å²) in [5.41, 5.74) is 4.34. The summed E-state index contributed by atoms with van der Waals surface area (Å²) in [7, 11) is 0. The number of likely N-dealkylation sites (tertiary alicyclic amines) is 1. The van der Waals surface area contributed by atoms with E-state index in [9.17, 15) is 18.0 Å². The van der Waals surface area contributed by atoms with E-state index < -0.39 is 17.8 Å². The van der Waals surface area contributed by atoms with Crippen LogP contribution in [0.1, 0.15) is 25.3 Å². The first kappa shape index (κ1) is 26.3. The SMILES string of the molecule is CCNC(=NCCOc1ncc(C(F)(F)F)cc1Cl)NC1CCN(C(N)=O)CC1.I. The number of nitrogens with two attached hydrogens (primary N) is 1. The first-order chi connectivity index (χ1) is 13.7. The first-order valence-corrected chi connectivity index (χ1v) is 9.53. The molecule has 1 aromatic rings. The number of amides is 2. The minimum absolute atomic E-state index is 0. The maximum atomic E-state index is 12.6. The van der Waals surface area contributed by atoms with Gasteiger partial charge >= 0.3 is 12.2 Å². The molecule has 2 amide bonds. The molecule has 8 nitrogen and oxygen atoms in total. The molecule has 13 heteroatoms. The van der Waals surface area contributed by atoms with Crippen LogP contribution in [0.25, 0.3) is 0 Å². The van der Waals surface area contributed by atoms with Gasteiger partial charge in [0.15, 0.2) is 5.96 Å². The highest BCUT2D eigenvalue weighted by molar-refractivity contribution is 14.0. The summed E-state index contributed by atoms with van der Waals surface area (Å²) >= 11 is 5.80. The summed E-state index contributed by atoms with van der Waals surface area (Å²) in [6.45, 7) is 4.07. The second kappa shape index (κ2) is 12.2. The number of ether oxygens (including phenoxy) is 1. The number of nitrogens with one attached hydrogen (secondary N) is 2. The molecule has 1 aliphatic heterocycles. The average molecular weight is 565 g/mol. The topological polar surface area (TPSA) is 105 Å². The standard InChI is InChI=1S/C17H24ClF3N6O2.HI/c1-2-23-16(26-12-3-6-27(7-4-12)15(22)28)24-5-8-29-14-13(18)9-11(10-25-14)17(19,20)21;/h9-10,12H,2-8H2,1H3,(H2,22,28)(H2,23,24,26);1H. The van der Waals surface area contributed by atoms with Crippen LogP contribution in [0.3, 0.4) is 0 Å². The molecule has 0 aromatic carbocycles. The predicted molar refractivity (Wildman–Crippen MR) is 118 cm³/mol. The Hall–Kier alpha value is -1.70. The molecule has 1 saturated heterocycles. The van der Waals surface area contributed by atoms with E-state index in [0.717, 1.165) is 18.9 Å². The van der Waals surface area contributed by atoms with Crippen molar-refractivity contribution in [2.75, 3.05) is 32.8 Å². The van der Waals surface area contributed by atoms with Crippen LogP contribution in [0.4, 0.5) is 18.0 Å². The number of aliphatic imine (C=N–C) groups is 1. The Morgan fingerprint density at radius 3 is 2.63 bits per heavy atom. The molecule has 0 atom stereocenters. The zero-order valence-electron chi connectivity index (χ0n) is 16.3. The smallest absolute Gasteiger partial charge is 0.417 e. The van der Waals surface area contributed by atoms with Crippen LogP contribution >= 0.6 is 35.6 Å². The molecular weight excluding hydrogens is 540 g/mol. The fraction of sp³-hybridized carbons (Fsp3) is 0.588. The van der Waals surface area contributed by atoms with E-state index in [0.29, 0.717) is 31.8 Å². The number of aromatic nitrogens is 1. The van der Waals surface area contributed by atoms with E-state index in [1.165, 1.54) is 0 Å². The monoisotopic (exact) mass is 564 g/mol. The van der Waals surface area contributed by atoms with Crippen LogP contribution in [-0.4, -0.2) is 60.7 Å². The van der Waals surface area contributed by atoms with E-state index >= 15 is 0 Å². The summed E-state index contributed by atoms with van der Waals surface area (Å²) in [4.78, 5) is 20.8. The number of primary amides is 1. The first-order valence-electron chi connectivity index (χ1n) is 9.15. The number of guanidine groups is 1. The van der Waals surface area contributed by atoms with Crippen molar-refractivity contribution >= 4 is 47.6 Å². The maximum Gasteiger partial charge on any atom is 0.417 e. The van der Waals surface area contributed by atoms with Gasteiger partial charge in [-0.05, 0) is 25.8 Å². The van der Waals surface area contributed by atoms with Crippen LogP contribution < -0.4 is 21.1 Å². The minimum Gasteiger partial charge on any atom is -0.475 e. The molecule has 2 heterocycles. The normalized spacial score (nSPS) is 15.4. The third-order valence-electron chi connectivity index (χ3n) is 4.23. The molecule has 0 bridgehead atoms. The van der Waals surface area contributed by atoms with Gasteiger partial charge in [-0.1, -0.05) is 11.6 Å². The molecular formula is C17H25ClF3IN6O2. The van der Waals surface area contributed by atoms with Gasteiger partial charge in [0.1, 0.15) is 11.6 Å². The number of piperidine rings is 1. The van der Waals surface area contributed by atoms with Crippen LogP contribution in [-0.2, 0) is 6.18 Å². The Labute approximate surface area is 194 Å². The Bertz CT molecular complexity index is 730. The van der Waals surface area contributed by atoms with E-state index in [4.69, 9.17) is 22.1 Å². The lowest BCUT2D eigenvalue weighted by atomic mass is 10.1. The van der Waals surface area contributed by atoms with Crippen molar-refractivity contribution in [3.63, 3.8) is 0 Å². The van der Waals surface area contributed by atoms with Crippen LogP contribution in [0.2, 0.25) is 5.02 Å². The molecule has 30 heavy (non-hydrogen) atoms. The molecule has 170 valence electrons. The summed E-state index contributed by atoms with van der Waals surface area (Å²) < 4.78 is 43.2. The highest BCUT2D eigenvalue weighted by Gasteiger charge is 2.31. The van der Waals surface area contributed by atoms with E-state index in [1.54, 1.807) is 4.90 Å². The summed E-state index contributed by atoms with van der Waals surface area (Å²) in [5, 5.41) is 6.18. The lowest BCUT2D eigenvalue weighted by Gasteiger charge is -2.32. The van der Waals surface area contributed by atoms with E-state index in [1.807, 2.05) is 6.92 Å². The number of pyridine rings is 1. The number of hydrogen-bond donors (Lipinski definition) is 3. The molecule has 2 rings (SSSR count). The summed E-state index contributed by atoms with van der Waals surface area (Å²) in [6.07, 6.45) is -2.35. The third kappa shape index (κ3) is 8.20. The second-order valence-corrected chi connectivity index (χ2v) is 6.77. The predicted octanol–water partition coefficient (Wildman–Crippen LogP) is 2.85. The van der Waals surface area contributed by atoms with Gasteiger partial charge in [-0.2, -0.15) is 13.2 Å². The fourth-order valence-electron chi connectivity index (χ4n) is 2.74. The van der Waals surface area contributed by atoms with Gasteiger partial charge in [-0.3, -0.25) is 0 Å². The molecule has 0 saturated carbocycles. The Morgan fingerprint density at radius 2 is 2.10 bits per heavy atom. The molecule has 1 fully saturated rings. The largest absolute Gasteiger partial charge is 0.475 e. The van der Waals surface area contributed by atoms with Crippen LogP contribution in [0, 0.1) is 0 Å². The van der Waals surface area contributed by atoms with Crippen molar-refractivity contribution in [2.24, 2.45) is 10.7 Å². The number of nitrogens with zero attached hydrogens (tertiary/aromatic N) is 3. The molecule has 1 aliphatic rings. The van der Waals surface area contributed by atoms with Gasteiger partial charge in [0.25, 0.3) is 0 Å². The van der Waals surface area contributed by atoms with Crippen molar-refractivity contribution in [1.29, 1.82) is 0 Å². The van der Waals surface area contributed by atoms with Gasteiger partial charge < -0.3 is 26.0 Å². The Balaban J connectivity index is 0.00000450.